The summed E-state index contributed by atoms with van der Waals surface area (Å²) in [7, 11) is 0. The summed E-state index contributed by atoms with van der Waals surface area (Å²) in [4.78, 5) is 14.9. The molecular formula is C19H12N2O2S. The van der Waals surface area contributed by atoms with Gasteiger partial charge in [-0.3, -0.25) is 10.1 Å². The van der Waals surface area contributed by atoms with Crippen LogP contribution in [-0.2, 0) is 0 Å². The Balaban J connectivity index is 1.72. The molecule has 0 fully saturated rings. The van der Waals surface area contributed by atoms with Gasteiger partial charge in [-0.25, -0.2) is 4.98 Å². The average Bonchev–Trinajstić information content (AvgIpc) is 3.01. The van der Waals surface area contributed by atoms with Gasteiger partial charge in [0.25, 0.3) is 5.69 Å². The van der Waals surface area contributed by atoms with E-state index in [4.69, 9.17) is 0 Å². The van der Waals surface area contributed by atoms with Crippen molar-refractivity contribution in [2.45, 2.75) is 0 Å². The second-order valence-corrected chi connectivity index (χ2v) is 6.43. The molecule has 0 spiro atoms. The van der Waals surface area contributed by atoms with Gasteiger partial charge in [0.05, 0.1) is 15.1 Å². The van der Waals surface area contributed by atoms with Crippen LogP contribution in [-0.4, -0.2) is 9.91 Å². The van der Waals surface area contributed by atoms with Crippen molar-refractivity contribution in [2.24, 2.45) is 0 Å². The van der Waals surface area contributed by atoms with Crippen LogP contribution in [0.5, 0.6) is 0 Å². The van der Waals surface area contributed by atoms with Gasteiger partial charge in [0.1, 0.15) is 5.01 Å². The Morgan fingerprint density at radius 3 is 2.71 bits per heavy atom. The summed E-state index contributed by atoms with van der Waals surface area (Å²) in [5.74, 6) is 0. The summed E-state index contributed by atoms with van der Waals surface area (Å²) in [5, 5.41) is 14.1. The maximum absolute atomic E-state index is 10.9. The maximum atomic E-state index is 10.9. The molecule has 0 saturated heterocycles. The number of rotatable bonds is 3. The lowest BCUT2D eigenvalue weighted by Gasteiger charge is -2.00. The van der Waals surface area contributed by atoms with Gasteiger partial charge in [-0.15, -0.1) is 11.3 Å². The molecule has 3 aromatic carbocycles. The van der Waals surface area contributed by atoms with Crippen molar-refractivity contribution < 1.29 is 4.92 Å². The zero-order valence-electron chi connectivity index (χ0n) is 12.5. The van der Waals surface area contributed by atoms with Gasteiger partial charge >= 0.3 is 0 Å². The van der Waals surface area contributed by atoms with Gasteiger partial charge in [-0.05, 0) is 28.5 Å². The van der Waals surface area contributed by atoms with Crippen molar-refractivity contribution in [1.82, 2.24) is 4.98 Å². The van der Waals surface area contributed by atoms with Crippen LogP contribution in [0, 0.1) is 10.1 Å². The van der Waals surface area contributed by atoms with Gasteiger partial charge in [-0.1, -0.05) is 48.5 Å². The van der Waals surface area contributed by atoms with Gasteiger partial charge in [-0.2, -0.15) is 0 Å². The van der Waals surface area contributed by atoms with E-state index in [-0.39, 0.29) is 5.69 Å². The predicted octanol–water partition coefficient (Wildman–Crippen LogP) is 5.53. The summed E-state index contributed by atoms with van der Waals surface area (Å²) < 4.78 is 0.943. The topological polar surface area (TPSA) is 56.0 Å². The number of aromatic nitrogens is 1. The van der Waals surface area contributed by atoms with E-state index in [2.05, 4.69) is 29.2 Å². The molecule has 1 aromatic heterocycles. The second-order valence-electron chi connectivity index (χ2n) is 5.36. The molecule has 24 heavy (non-hydrogen) atoms. The first kappa shape index (κ1) is 14.5. The molecule has 0 aliphatic carbocycles. The van der Waals surface area contributed by atoms with Crippen molar-refractivity contribution in [3.8, 4) is 0 Å². The van der Waals surface area contributed by atoms with Crippen LogP contribution in [0.2, 0.25) is 0 Å². The molecule has 4 rings (SSSR count). The minimum absolute atomic E-state index is 0.0670. The molecule has 0 saturated carbocycles. The number of non-ortho nitro benzene ring substituents is 1. The lowest BCUT2D eigenvalue weighted by atomic mass is 10.0. The first-order valence-electron chi connectivity index (χ1n) is 7.41. The fraction of sp³-hybridized carbons (Fsp3) is 0. The number of thiazole rings is 1. The van der Waals surface area contributed by atoms with E-state index in [1.807, 2.05) is 30.4 Å². The van der Waals surface area contributed by atoms with E-state index >= 15 is 0 Å². The Morgan fingerprint density at radius 2 is 1.83 bits per heavy atom. The van der Waals surface area contributed by atoms with Crippen molar-refractivity contribution in [3.05, 3.63) is 81.3 Å². The Kier molecular flexibility index (Phi) is 3.55. The standard InChI is InChI=1S/C19H12N2O2S/c22-21(23)15-9-10-18-17(12-15)20-19(24-18)11-8-14-6-3-5-13-4-1-2-7-16(13)14/h1-12H. The zero-order chi connectivity index (χ0) is 16.5. The normalized spacial score (nSPS) is 11.5. The van der Waals surface area contributed by atoms with Crippen LogP contribution in [0.1, 0.15) is 10.6 Å². The Hall–Kier alpha value is -3.05. The lowest BCUT2D eigenvalue weighted by Crippen LogP contribution is -1.86. The largest absolute Gasteiger partial charge is 0.271 e. The fourth-order valence-electron chi connectivity index (χ4n) is 2.68. The smallest absolute Gasteiger partial charge is 0.258 e. The molecule has 116 valence electrons. The van der Waals surface area contributed by atoms with Crippen LogP contribution in [0.15, 0.2) is 60.7 Å². The SMILES string of the molecule is O=[N+]([O-])c1ccc2sc(C=Cc3cccc4ccccc34)nc2c1. The third kappa shape index (κ3) is 2.66. The van der Waals surface area contributed by atoms with Crippen molar-refractivity contribution in [1.29, 1.82) is 0 Å². The Bertz CT molecular complexity index is 1090. The molecule has 4 aromatic rings. The molecule has 0 N–H and O–H groups in total. The predicted molar refractivity (Wildman–Crippen MR) is 99.2 cm³/mol. The number of nitro benzene ring substituents is 1. The van der Waals surface area contributed by atoms with Crippen LogP contribution in [0.3, 0.4) is 0 Å². The molecular weight excluding hydrogens is 320 g/mol. The summed E-state index contributed by atoms with van der Waals surface area (Å²) in [5.41, 5.74) is 1.85. The number of benzene rings is 3. The van der Waals surface area contributed by atoms with E-state index in [1.54, 1.807) is 6.07 Å². The van der Waals surface area contributed by atoms with Crippen LogP contribution in [0.4, 0.5) is 5.69 Å². The van der Waals surface area contributed by atoms with Crippen molar-refractivity contribution in [2.75, 3.05) is 0 Å². The summed E-state index contributed by atoms with van der Waals surface area (Å²) >= 11 is 1.52. The van der Waals surface area contributed by atoms with Crippen LogP contribution >= 0.6 is 11.3 Å². The number of hydrogen-bond acceptors (Lipinski definition) is 4. The monoisotopic (exact) mass is 332 g/mol. The first-order valence-corrected chi connectivity index (χ1v) is 8.23. The van der Waals surface area contributed by atoms with Gasteiger partial charge < -0.3 is 0 Å². The van der Waals surface area contributed by atoms with Gasteiger partial charge in [0, 0.05) is 12.1 Å². The highest BCUT2D eigenvalue weighted by molar-refractivity contribution is 7.19. The van der Waals surface area contributed by atoms with Gasteiger partial charge in [0.2, 0.25) is 0 Å². The number of fused-ring (bicyclic) bond motifs is 2. The quantitative estimate of drug-likeness (QED) is 0.366. The minimum atomic E-state index is -0.398. The second kappa shape index (κ2) is 5.86. The number of nitrogens with zero attached hydrogens (tertiary/aromatic N) is 2. The number of nitro groups is 1. The highest BCUT2D eigenvalue weighted by Crippen LogP contribution is 2.27. The average molecular weight is 332 g/mol. The summed E-state index contributed by atoms with van der Waals surface area (Å²) in [6.45, 7) is 0. The highest BCUT2D eigenvalue weighted by Gasteiger charge is 2.09. The molecule has 5 heteroatoms. The number of hydrogen-bond donors (Lipinski definition) is 0. The zero-order valence-corrected chi connectivity index (χ0v) is 13.4. The molecule has 0 radical (unpaired) electrons. The third-order valence-electron chi connectivity index (χ3n) is 3.83. The molecule has 0 amide bonds. The molecule has 0 bridgehead atoms. The minimum Gasteiger partial charge on any atom is -0.258 e. The summed E-state index contributed by atoms with van der Waals surface area (Å²) in [6, 6.07) is 19.2. The lowest BCUT2D eigenvalue weighted by molar-refractivity contribution is -0.384. The van der Waals surface area contributed by atoms with E-state index in [1.165, 1.54) is 34.2 Å². The van der Waals surface area contributed by atoms with E-state index in [0.717, 1.165) is 15.3 Å². The van der Waals surface area contributed by atoms with E-state index < -0.39 is 4.92 Å². The van der Waals surface area contributed by atoms with E-state index in [9.17, 15) is 10.1 Å². The maximum Gasteiger partial charge on any atom is 0.271 e. The first-order chi connectivity index (χ1) is 11.7. The van der Waals surface area contributed by atoms with Gasteiger partial charge in [0.15, 0.2) is 0 Å². The van der Waals surface area contributed by atoms with Crippen molar-refractivity contribution >= 4 is 50.2 Å². The highest BCUT2D eigenvalue weighted by atomic mass is 32.1. The van der Waals surface area contributed by atoms with E-state index in [0.29, 0.717) is 5.52 Å². The summed E-state index contributed by atoms with van der Waals surface area (Å²) in [6.07, 6.45) is 3.99. The Labute approximate surface area is 141 Å². The van der Waals surface area contributed by atoms with Crippen LogP contribution in [0.25, 0.3) is 33.1 Å². The molecule has 0 aliphatic rings. The molecule has 0 aliphatic heterocycles. The van der Waals surface area contributed by atoms with Crippen molar-refractivity contribution in [3.63, 3.8) is 0 Å². The van der Waals surface area contributed by atoms with Crippen LogP contribution < -0.4 is 0 Å². The molecule has 1 heterocycles. The third-order valence-corrected chi connectivity index (χ3v) is 4.83. The molecule has 4 nitrogen and oxygen atoms in total. The molecule has 0 unspecified atom stereocenters. The fourth-order valence-corrected chi connectivity index (χ4v) is 3.53. The molecule has 0 atom stereocenters. The Morgan fingerprint density at radius 1 is 1.00 bits per heavy atom.